The molecule has 3 unspecified atom stereocenters. The van der Waals surface area contributed by atoms with Crippen LogP contribution in [0, 0.1) is 0 Å². The number of unbranched alkanes of at least 4 members (excludes halogenated alkanes) is 34. The van der Waals surface area contributed by atoms with Gasteiger partial charge in [-0.3, -0.25) is 14.2 Å². The monoisotopic (exact) mass is 1050 g/mol. The highest BCUT2D eigenvalue weighted by molar-refractivity contribution is 7.45. The zero-order chi connectivity index (χ0) is 53.6. The Morgan fingerprint density at radius 2 is 0.836 bits per heavy atom. The van der Waals surface area contributed by atoms with E-state index in [1.54, 1.807) is 0 Å². The summed E-state index contributed by atoms with van der Waals surface area (Å²) < 4.78 is 30.3. The Morgan fingerprint density at radius 3 is 1.27 bits per heavy atom. The number of phosphoric ester groups is 1. The number of esters is 1. The Labute approximate surface area is 452 Å². The van der Waals surface area contributed by atoms with Gasteiger partial charge in [-0.25, -0.2) is 0 Å². The van der Waals surface area contributed by atoms with Crippen molar-refractivity contribution in [3.05, 3.63) is 48.6 Å². The van der Waals surface area contributed by atoms with Crippen molar-refractivity contribution in [2.45, 2.75) is 303 Å². The first-order chi connectivity index (χ1) is 35.4. The maximum atomic E-state index is 13.5. The quantitative estimate of drug-likeness (QED) is 0.0212. The first-order valence-corrected chi connectivity index (χ1v) is 32.4. The SMILES string of the molecule is CCCCC/C=C\C/C=C\C/C=C\CCCCCCC(=O)OC(/C=C/CCCCCCCCCCC)C(COP(=O)([O-])OCC[N+](C)(C)C)NC(=O)CCCCCCCCCCCCCCCCCCCCC. The summed E-state index contributed by atoms with van der Waals surface area (Å²) in [5.41, 5.74) is 0. The molecule has 0 aliphatic carbocycles. The van der Waals surface area contributed by atoms with Crippen molar-refractivity contribution in [2.75, 3.05) is 40.9 Å². The number of quaternary nitrogens is 1. The summed E-state index contributed by atoms with van der Waals surface area (Å²) >= 11 is 0. The number of likely N-dealkylation sites (N-methyl/N-ethyl adjacent to an activating group) is 1. The van der Waals surface area contributed by atoms with E-state index in [1.165, 1.54) is 173 Å². The Kier molecular flexibility index (Phi) is 51.9. The third-order valence-electron chi connectivity index (χ3n) is 13.8. The van der Waals surface area contributed by atoms with Crippen LogP contribution in [0.4, 0.5) is 0 Å². The van der Waals surface area contributed by atoms with Crippen molar-refractivity contribution < 1.29 is 37.3 Å². The van der Waals surface area contributed by atoms with Gasteiger partial charge in [0.15, 0.2) is 0 Å². The van der Waals surface area contributed by atoms with Crippen molar-refractivity contribution in [1.29, 1.82) is 0 Å². The number of rotatable bonds is 56. The molecule has 0 radical (unpaired) electrons. The molecule has 0 aromatic rings. The highest BCUT2D eigenvalue weighted by Crippen LogP contribution is 2.38. The van der Waals surface area contributed by atoms with E-state index in [2.05, 4.69) is 62.5 Å². The topological polar surface area (TPSA) is 114 Å². The third-order valence-corrected chi connectivity index (χ3v) is 14.7. The number of nitrogens with zero attached hydrogens (tertiary/aromatic N) is 1. The van der Waals surface area contributed by atoms with Crippen LogP contribution in [0.2, 0.25) is 0 Å². The highest BCUT2D eigenvalue weighted by Gasteiger charge is 2.27. The van der Waals surface area contributed by atoms with Crippen LogP contribution >= 0.6 is 7.82 Å². The van der Waals surface area contributed by atoms with Gasteiger partial charge in [0.25, 0.3) is 7.82 Å². The molecule has 73 heavy (non-hydrogen) atoms. The van der Waals surface area contributed by atoms with Crippen molar-refractivity contribution >= 4 is 19.7 Å². The molecule has 0 saturated heterocycles. The van der Waals surface area contributed by atoms with Gasteiger partial charge < -0.3 is 28.5 Å². The highest BCUT2D eigenvalue weighted by atomic mass is 31.2. The summed E-state index contributed by atoms with van der Waals surface area (Å²) in [7, 11) is 1.18. The van der Waals surface area contributed by atoms with Crippen molar-refractivity contribution in [3.63, 3.8) is 0 Å². The number of ether oxygens (including phenoxy) is 1. The summed E-state index contributed by atoms with van der Waals surface area (Å²) in [4.78, 5) is 39.9. The van der Waals surface area contributed by atoms with Gasteiger partial charge in [0, 0.05) is 12.8 Å². The number of allylic oxidation sites excluding steroid dienone is 7. The van der Waals surface area contributed by atoms with E-state index in [0.29, 0.717) is 23.9 Å². The van der Waals surface area contributed by atoms with Crippen LogP contribution in [0.3, 0.4) is 0 Å². The zero-order valence-electron chi connectivity index (χ0n) is 48.8. The van der Waals surface area contributed by atoms with E-state index in [-0.39, 0.29) is 24.9 Å². The summed E-state index contributed by atoms with van der Waals surface area (Å²) in [5.74, 6) is -0.557. The van der Waals surface area contributed by atoms with Crippen LogP contribution < -0.4 is 10.2 Å². The van der Waals surface area contributed by atoms with Crippen LogP contribution in [0.25, 0.3) is 0 Å². The second-order valence-corrected chi connectivity index (χ2v) is 23.6. The fourth-order valence-corrected chi connectivity index (χ4v) is 9.66. The lowest BCUT2D eigenvalue weighted by molar-refractivity contribution is -0.870. The summed E-state index contributed by atoms with van der Waals surface area (Å²) in [6.07, 6.45) is 65.0. The molecule has 0 fully saturated rings. The molecule has 0 saturated carbocycles. The van der Waals surface area contributed by atoms with Crippen LogP contribution in [0.15, 0.2) is 48.6 Å². The van der Waals surface area contributed by atoms with Crippen LogP contribution in [-0.4, -0.2) is 69.4 Å². The Hall–Kier alpha value is -2.03. The molecule has 3 atom stereocenters. The summed E-state index contributed by atoms with van der Waals surface area (Å²) in [5, 5.41) is 3.03. The van der Waals surface area contributed by atoms with Crippen LogP contribution in [0.5, 0.6) is 0 Å². The maximum absolute atomic E-state index is 13.5. The van der Waals surface area contributed by atoms with E-state index >= 15 is 0 Å². The third kappa shape index (κ3) is 54.6. The molecule has 0 aliphatic rings. The van der Waals surface area contributed by atoms with E-state index in [4.69, 9.17) is 13.8 Å². The molecule has 1 N–H and O–H groups in total. The van der Waals surface area contributed by atoms with Gasteiger partial charge in [-0.1, -0.05) is 256 Å². The predicted molar refractivity (Wildman–Crippen MR) is 312 cm³/mol. The molecule has 9 nitrogen and oxygen atoms in total. The molecule has 0 aliphatic heterocycles. The second kappa shape index (κ2) is 53.4. The molecule has 10 heteroatoms. The van der Waals surface area contributed by atoms with Gasteiger partial charge in [0.05, 0.1) is 33.8 Å². The number of amides is 1. The fourth-order valence-electron chi connectivity index (χ4n) is 8.94. The average molecular weight is 1050 g/mol. The number of hydrogen-bond acceptors (Lipinski definition) is 7. The number of hydrogen-bond donors (Lipinski definition) is 1. The van der Waals surface area contributed by atoms with Crippen LogP contribution in [0.1, 0.15) is 290 Å². The summed E-state index contributed by atoms with van der Waals surface area (Å²) in [6, 6.07) is -0.894. The number of nitrogens with one attached hydrogen (secondary N) is 1. The van der Waals surface area contributed by atoms with E-state index in [9.17, 15) is 19.0 Å². The van der Waals surface area contributed by atoms with Gasteiger partial charge in [0.2, 0.25) is 5.91 Å². The zero-order valence-corrected chi connectivity index (χ0v) is 49.7. The standard InChI is InChI=1S/C63H119N2O7P/c1-7-10-13-16-19-22-25-27-29-31-32-34-35-37-40-43-46-49-52-55-62(66)64-60(59-71-73(68,69)70-58-57-65(4,5)6)61(54-51-48-45-42-39-24-21-18-15-12-9-3)72-63(67)56-53-50-47-44-41-38-36-33-30-28-26-23-20-17-14-11-8-2/h20,23,28,30,36,38,51,54,60-61H,7-19,21-22,24-27,29,31-35,37,39-50,52-53,55-59H2,1-6H3,(H-,64,66,68,69)/b23-20-,30-28-,38-36-,54-51+. The molecular weight excluding hydrogens is 928 g/mol. The minimum Gasteiger partial charge on any atom is -0.756 e. The lowest BCUT2D eigenvalue weighted by Gasteiger charge is -2.30. The first-order valence-electron chi connectivity index (χ1n) is 30.9. The minimum atomic E-state index is -4.70. The Bertz CT molecular complexity index is 1390. The molecular formula is C63H119N2O7P. The second-order valence-electron chi connectivity index (χ2n) is 22.2. The van der Waals surface area contributed by atoms with E-state index in [0.717, 1.165) is 77.0 Å². The molecule has 428 valence electrons. The van der Waals surface area contributed by atoms with Gasteiger partial charge in [-0.15, -0.1) is 0 Å². The Balaban J connectivity index is 5.24. The van der Waals surface area contributed by atoms with Gasteiger partial charge in [0.1, 0.15) is 19.3 Å². The van der Waals surface area contributed by atoms with Crippen molar-refractivity contribution in [1.82, 2.24) is 5.32 Å². The van der Waals surface area contributed by atoms with E-state index in [1.807, 2.05) is 33.3 Å². The van der Waals surface area contributed by atoms with Gasteiger partial charge >= 0.3 is 5.97 Å². The lowest BCUT2D eigenvalue weighted by Crippen LogP contribution is -2.47. The predicted octanol–water partition coefficient (Wildman–Crippen LogP) is 18.3. The minimum absolute atomic E-state index is 0.0250. The molecule has 0 spiro atoms. The van der Waals surface area contributed by atoms with E-state index < -0.39 is 26.6 Å². The molecule has 0 bridgehead atoms. The smallest absolute Gasteiger partial charge is 0.306 e. The molecule has 0 heterocycles. The number of phosphoric acid groups is 1. The number of carbonyl (C=O) groups excluding carboxylic acids is 2. The summed E-state index contributed by atoms with van der Waals surface area (Å²) in [6.45, 7) is 6.82. The maximum Gasteiger partial charge on any atom is 0.306 e. The molecule has 0 aromatic heterocycles. The lowest BCUT2D eigenvalue weighted by atomic mass is 10.0. The number of carbonyl (C=O) groups is 2. The van der Waals surface area contributed by atoms with Crippen molar-refractivity contribution in [2.24, 2.45) is 0 Å². The van der Waals surface area contributed by atoms with Crippen LogP contribution in [-0.2, 0) is 27.9 Å². The molecule has 0 aromatic carbocycles. The Morgan fingerprint density at radius 1 is 0.479 bits per heavy atom. The first kappa shape index (κ1) is 71.0. The van der Waals surface area contributed by atoms with Gasteiger partial charge in [-0.2, -0.15) is 0 Å². The largest absolute Gasteiger partial charge is 0.756 e. The fraction of sp³-hybridized carbons (Fsp3) is 0.841. The normalized spacial score (nSPS) is 14.0. The average Bonchev–Trinajstić information content (AvgIpc) is 3.35. The van der Waals surface area contributed by atoms with Crippen molar-refractivity contribution in [3.8, 4) is 0 Å². The molecule has 0 rings (SSSR count). The van der Waals surface area contributed by atoms with Gasteiger partial charge in [-0.05, 0) is 70.3 Å². The molecule has 1 amide bonds.